The zero-order valence-corrected chi connectivity index (χ0v) is 12.3. The molecule has 104 valence electrons. The minimum absolute atomic E-state index is 0.445. The molecule has 1 atom stereocenters. The van der Waals surface area contributed by atoms with Crippen molar-refractivity contribution in [3.63, 3.8) is 0 Å². The fourth-order valence-electron chi connectivity index (χ4n) is 2.25. The Morgan fingerprint density at radius 2 is 1.85 bits per heavy atom. The van der Waals surface area contributed by atoms with Crippen molar-refractivity contribution in [3.8, 4) is 0 Å². The van der Waals surface area contributed by atoms with Crippen molar-refractivity contribution < 1.29 is 9.90 Å². The molecule has 0 aromatic heterocycles. The molecule has 0 aliphatic heterocycles. The first kappa shape index (κ1) is 14.6. The number of halogens is 1. The Labute approximate surface area is 124 Å². The highest BCUT2D eigenvalue weighted by molar-refractivity contribution is 6.31. The lowest BCUT2D eigenvalue weighted by Crippen LogP contribution is -2.15. The summed E-state index contributed by atoms with van der Waals surface area (Å²) in [5.41, 5.74) is 4.06. The monoisotopic (exact) mass is 288 g/mol. The molecule has 1 N–H and O–H groups in total. The summed E-state index contributed by atoms with van der Waals surface area (Å²) < 4.78 is 0. The van der Waals surface area contributed by atoms with Crippen LogP contribution in [0.25, 0.3) is 0 Å². The second-order valence-corrected chi connectivity index (χ2v) is 5.44. The molecule has 3 heteroatoms. The molecule has 1 unspecified atom stereocenters. The summed E-state index contributed by atoms with van der Waals surface area (Å²) in [6.45, 7) is 4.08. The first-order valence-corrected chi connectivity index (χ1v) is 6.90. The van der Waals surface area contributed by atoms with E-state index in [9.17, 15) is 9.90 Å². The Morgan fingerprint density at radius 3 is 2.45 bits per heavy atom. The van der Waals surface area contributed by atoms with Gasteiger partial charge in [0.25, 0.3) is 0 Å². The van der Waals surface area contributed by atoms with E-state index >= 15 is 0 Å². The van der Waals surface area contributed by atoms with E-state index in [1.807, 2.05) is 38.1 Å². The highest BCUT2D eigenvalue weighted by atomic mass is 35.5. The molecular weight excluding hydrogens is 272 g/mol. The molecule has 2 nitrogen and oxygen atoms in total. The molecule has 0 fully saturated rings. The molecule has 2 rings (SSSR count). The van der Waals surface area contributed by atoms with Crippen LogP contribution in [0.15, 0.2) is 42.5 Å². The van der Waals surface area contributed by atoms with Gasteiger partial charge in [-0.2, -0.15) is 0 Å². The maximum atomic E-state index is 11.5. The van der Waals surface area contributed by atoms with Crippen molar-refractivity contribution in [3.05, 3.63) is 69.7 Å². The molecule has 2 aromatic rings. The van der Waals surface area contributed by atoms with Gasteiger partial charge in [-0.15, -0.1) is 0 Å². The van der Waals surface area contributed by atoms with E-state index in [2.05, 4.69) is 0 Å². The molecular formula is C17H17ClO2. The Hall–Kier alpha value is -1.80. The quantitative estimate of drug-likeness (QED) is 0.907. The van der Waals surface area contributed by atoms with Gasteiger partial charge < -0.3 is 5.11 Å². The van der Waals surface area contributed by atoms with Crippen molar-refractivity contribution in [2.45, 2.75) is 26.2 Å². The predicted molar refractivity (Wildman–Crippen MR) is 81.4 cm³/mol. The Kier molecular flexibility index (Phi) is 4.46. The third-order valence-electron chi connectivity index (χ3n) is 3.59. The summed E-state index contributed by atoms with van der Waals surface area (Å²) in [4.78, 5) is 11.5. The Balaban J connectivity index is 2.33. The standard InChI is InChI=1S/C17H17ClO2/c1-11-7-8-13(9-12(11)2)10-15(17(19)20)14-5-3-4-6-16(14)18/h3-9,15H,10H2,1-2H3,(H,19,20). The third kappa shape index (κ3) is 3.20. The molecule has 0 amide bonds. The van der Waals surface area contributed by atoms with Crippen LogP contribution in [0.3, 0.4) is 0 Å². The van der Waals surface area contributed by atoms with Crippen LogP contribution in [0.5, 0.6) is 0 Å². The largest absolute Gasteiger partial charge is 0.481 e. The van der Waals surface area contributed by atoms with E-state index in [1.54, 1.807) is 18.2 Å². The summed E-state index contributed by atoms with van der Waals surface area (Å²) >= 11 is 6.12. The summed E-state index contributed by atoms with van der Waals surface area (Å²) in [5.74, 6) is -1.47. The lowest BCUT2D eigenvalue weighted by atomic mass is 9.91. The maximum Gasteiger partial charge on any atom is 0.311 e. The molecule has 0 radical (unpaired) electrons. The number of rotatable bonds is 4. The number of carbonyl (C=O) groups is 1. The number of aryl methyl sites for hydroxylation is 2. The second kappa shape index (κ2) is 6.10. The molecule has 0 spiro atoms. The fourth-order valence-corrected chi connectivity index (χ4v) is 2.52. The lowest BCUT2D eigenvalue weighted by Gasteiger charge is -2.15. The fraction of sp³-hybridized carbons (Fsp3) is 0.235. The number of carboxylic acids is 1. The number of carboxylic acid groups (broad SMARTS) is 1. The van der Waals surface area contributed by atoms with Gasteiger partial charge >= 0.3 is 5.97 Å². The van der Waals surface area contributed by atoms with E-state index in [-0.39, 0.29) is 0 Å². The molecule has 0 heterocycles. The van der Waals surface area contributed by atoms with Crippen LogP contribution in [-0.2, 0) is 11.2 Å². The summed E-state index contributed by atoms with van der Waals surface area (Å²) in [5, 5.41) is 9.98. The highest BCUT2D eigenvalue weighted by Crippen LogP contribution is 2.28. The molecule has 0 saturated carbocycles. The van der Waals surface area contributed by atoms with Gasteiger partial charge in [-0.3, -0.25) is 4.79 Å². The average molecular weight is 289 g/mol. The minimum Gasteiger partial charge on any atom is -0.481 e. The van der Waals surface area contributed by atoms with Crippen LogP contribution in [0.4, 0.5) is 0 Å². The van der Waals surface area contributed by atoms with Crippen LogP contribution in [0.2, 0.25) is 5.02 Å². The van der Waals surface area contributed by atoms with Crippen molar-refractivity contribution >= 4 is 17.6 Å². The van der Waals surface area contributed by atoms with Crippen molar-refractivity contribution in [2.24, 2.45) is 0 Å². The van der Waals surface area contributed by atoms with Crippen molar-refractivity contribution in [1.82, 2.24) is 0 Å². The van der Waals surface area contributed by atoms with Crippen molar-refractivity contribution in [2.75, 3.05) is 0 Å². The zero-order chi connectivity index (χ0) is 14.7. The van der Waals surface area contributed by atoms with Crippen LogP contribution in [0, 0.1) is 13.8 Å². The van der Waals surface area contributed by atoms with Crippen LogP contribution >= 0.6 is 11.6 Å². The van der Waals surface area contributed by atoms with Crippen molar-refractivity contribution in [1.29, 1.82) is 0 Å². The molecule has 20 heavy (non-hydrogen) atoms. The highest BCUT2D eigenvalue weighted by Gasteiger charge is 2.22. The average Bonchev–Trinajstić information content (AvgIpc) is 2.41. The van der Waals surface area contributed by atoms with E-state index in [0.29, 0.717) is 17.0 Å². The second-order valence-electron chi connectivity index (χ2n) is 5.04. The molecule has 0 bridgehead atoms. The number of hydrogen-bond acceptors (Lipinski definition) is 1. The van der Waals surface area contributed by atoms with Gasteiger partial charge in [0.2, 0.25) is 0 Å². The molecule has 0 saturated heterocycles. The van der Waals surface area contributed by atoms with Gasteiger partial charge in [-0.25, -0.2) is 0 Å². The normalized spacial score (nSPS) is 12.2. The van der Waals surface area contributed by atoms with Crippen LogP contribution < -0.4 is 0 Å². The molecule has 0 aliphatic carbocycles. The number of aliphatic carboxylic acids is 1. The van der Waals surface area contributed by atoms with Crippen LogP contribution in [-0.4, -0.2) is 11.1 Å². The van der Waals surface area contributed by atoms with Crippen LogP contribution in [0.1, 0.15) is 28.2 Å². The lowest BCUT2D eigenvalue weighted by molar-refractivity contribution is -0.138. The van der Waals surface area contributed by atoms with Gasteiger partial charge in [-0.1, -0.05) is 48.0 Å². The maximum absolute atomic E-state index is 11.5. The summed E-state index contributed by atoms with van der Waals surface area (Å²) in [6, 6.07) is 13.2. The zero-order valence-electron chi connectivity index (χ0n) is 11.6. The van der Waals surface area contributed by atoms with E-state index < -0.39 is 11.9 Å². The minimum atomic E-state index is -0.851. The molecule has 0 aliphatic rings. The number of hydrogen-bond donors (Lipinski definition) is 1. The third-order valence-corrected chi connectivity index (χ3v) is 3.93. The van der Waals surface area contributed by atoms with Gasteiger partial charge in [0.1, 0.15) is 0 Å². The first-order valence-electron chi connectivity index (χ1n) is 6.52. The molecule has 2 aromatic carbocycles. The smallest absolute Gasteiger partial charge is 0.311 e. The van der Waals surface area contributed by atoms with Gasteiger partial charge in [0.05, 0.1) is 5.92 Å². The Bertz CT molecular complexity index is 635. The van der Waals surface area contributed by atoms with Gasteiger partial charge in [0.15, 0.2) is 0 Å². The summed E-state index contributed by atoms with van der Waals surface area (Å²) in [6.07, 6.45) is 0.445. The van der Waals surface area contributed by atoms with E-state index in [1.165, 1.54) is 11.1 Å². The van der Waals surface area contributed by atoms with Gasteiger partial charge in [0, 0.05) is 5.02 Å². The first-order chi connectivity index (χ1) is 9.49. The SMILES string of the molecule is Cc1ccc(CC(C(=O)O)c2ccccc2Cl)cc1C. The van der Waals surface area contributed by atoms with E-state index in [4.69, 9.17) is 11.6 Å². The number of benzene rings is 2. The van der Waals surface area contributed by atoms with Gasteiger partial charge in [-0.05, 0) is 48.6 Å². The predicted octanol–water partition coefficient (Wildman–Crippen LogP) is 4.37. The Morgan fingerprint density at radius 1 is 1.15 bits per heavy atom. The topological polar surface area (TPSA) is 37.3 Å². The summed E-state index contributed by atoms with van der Waals surface area (Å²) in [7, 11) is 0. The van der Waals surface area contributed by atoms with E-state index in [0.717, 1.165) is 5.56 Å².